The summed E-state index contributed by atoms with van der Waals surface area (Å²) in [7, 11) is 0. The minimum absolute atomic E-state index is 0.00307. The van der Waals surface area contributed by atoms with Crippen molar-refractivity contribution >= 4 is 57.2 Å². The number of nitrogens with zero attached hydrogens (tertiary/aromatic N) is 2. The van der Waals surface area contributed by atoms with Gasteiger partial charge in [0.1, 0.15) is 0 Å². The summed E-state index contributed by atoms with van der Waals surface area (Å²) < 4.78 is 79.1. The maximum absolute atomic E-state index is 13.0. The normalized spacial score (nSPS) is 12.2. The van der Waals surface area contributed by atoms with Crippen LogP contribution in [0.3, 0.4) is 0 Å². The Morgan fingerprint density at radius 2 is 1.44 bits per heavy atom. The molecule has 4 aromatic rings. The van der Waals surface area contributed by atoms with Crippen LogP contribution in [0.1, 0.15) is 16.7 Å². The first-order chi connectivity index (χ1) is 17.0. The van der Waals surface area contributed by atoms with Gasteiger partial charge in [-0.2, -0.15) is 26.3 Å². The van der Waals surface area contributed by atoms with E-state index in [0.29, 0.717) is 26.6 Å². The number of fused-ring (bicyclic) bond motifs is 1. The van der Waals surface area contributed by atoms with Gasteiger partial charge in [0, 0.05) is 11.4 Å². The highest BCUT2D eigenvalue weighted by Crippen LogP contribution is 2.38. The Hall–Kier alpha value is -2.77. The lowest BCUT2D eigenvalue weighted by molar-refractivity contribution is -0.143. The highest BCUT2D eigenvalue weighted by atomic mass is 32.2. The summed E-state index contributed by atoms with van der Waals surface area (Å²) >= 11 is 3.70. The Kier molecular flexibility index (Phi) is 7.81. The summed E-state index contributed by atoms with van der Waals surface area (Å²) in [4.78, 5) is 12.2. The number of nitrogens with one attached hydrogen (secondary N) is 1. The zero-order chi connectivity index (χ0) is 25.9. The Morgan fingerprint density at radius 1 is 0.833 bits per heavy atom. The van der Waals surface area contributed by atoms with Crippen LogP contribution in [-0.4, -0.2) is 21.9 Å². The molecule has 3 aromatic carbocycles. The first-order valence-electron chi connectivity index (χ1n) is 10.1. The van der Waals surface area contributed by atoms with E-state index in [1.54, 1.807) is 0 Å². The van der Waals surface area contributed by atoms with E-state index >= 15 is 0 Å². The van der Waals surface area contributed by atoms with Crippen LogP contribution in [0.15, 0.2) is 69.3 Å². The average Bonchev–Trinajstić information content (AvgIpc) is 3.28. The van der Waals surface area contributed by atoms with Gasteiger partial charge in [-0.05, 0) is 34.5 Å². The molecule has 0 bridgehead atoms. The minimum atomic E-state index is -5.00. The molecule has 4 rings (SSSR count). The Labute approximate surface area is 213 Å². The molecule has 1 heterocycles. The zero-order valence-corrected chi connectivity index (χ0v) is 20.4. The number of alkyl halides is 6. The quantitative estimate of drug-likeness (QED) is 0.185. The van der Waals surface area contributed by atoms with Crippen LogP contribution in [0.4, 0.5) is 32.0 Å². The van der Waals surface area contributed by atoms with E-state index in [9.17, 15) is 31.1 Å². The fraction of sp³-hybridized carbons (Fsp3) is 0.174. The lowest BCUT2D eigenvalue weighted by Gasteiger charge is -2.14. The predicted octanol–water partition coefficient (Wildman–Crippen LogP) is 7.75. The van der Waals surface area contributed by atoms with Gasteiger partial charge in [0.15, 0.2) is 8.68 Å². The van der Waals surface area contributed by atoms with E-state index < -0.39 is 35.1 Å². The number of carbonyl (C=O) groups excluding carboxylic acids is 1. The molecule has 1 N–H and O–H groups in total. The topological polar surface area (TPSA) is 54.9 Å². The van der Waals surface area contributed by atoms with Crippen LogP contribution in [0.2, 0.25) is 0 Å². The van der Waals surface area contributed by atoms with Gasteiger partial charge < -0.3 is 5.32 Å². The second kappa shape index (κ2) is 10.7. The molecule has 4 nitrogen and oxygen atoms in total. The van der Waals surface area contributed by atoms with Crippen molar-refractivity contribution in [2.75, 3.05) is 11.1 Å². The van der Waals surface area contributed by atoms with E-state index in [1.807, 2.05) is 42.5 Å². The second-order valence-corrected chi connectivity index (χ2v) is 10.8. The van der Waals surface area contributed by atoms with Gasteiger partial charge in [-0.25, -0.2) is 0 Å². The first kappa shape index (κ1) is 26.3. The predicted molar refractivity (Wildman–Crippen MR) is 129 cm³/mol. The van der Waals surface area contributed by atoms with Crippen molar-refractivity contribution in [3.63, 3.8) is 0 Å². The van der Waals surface area contributed by atoms with Crippen molar-refractivity contribution in [1.29, 1.82) is 0 Å². The highest BCUT2D eigenvalue weighted by Gasteiger charge is 2.37. The third-order valence-electron chi connectivity index (χ3n) is 4.82. The summed E-state index contributed by atoms with van der Waals surface area (Å²) in [6, 6.07) is 14.9. The summed E-state index contributed by atoms with van der Waals surface area (Å²) in [5.41, 5.74) is -2.47. The summed E-state index contributed by atoms with van der Waals surface area (Å²) in [5, 5.41) is 12.4. The van der Waals surface area contributed by atoms with Crippen molar-refractivity contribution in [3.8, 4) is 0 Å². The third-order valence-corrected chi connectivity index (χ3v) is 8.06. The molecule has 0 saturated heterocycles. The van der Waals surface area contributed by atoms with Crippen molar-refractivity contribution in [2.45, 2.75) is 26.8 Å². The van der Waals surface area contributed by atoms with Crippen molar-refractivity contribution in [3.05, 3.63) is 77.4 Å². The summed E-state index contributed by atoms with van der Waals surface area (Å²) in [5.74, 6) is -0.383. The minimum Gasteiger partial charge on any atom is -0.325 e. The number of rotatable bonds is 7. The van der Waals surface area contributed by atoms with Gasteiger partial charge in [0.2, 0.25) is 5.91 Å². The average molecular weight is 560 g/mol. The molecular weight excluding hydrogens is 544 g/mol. The van der Waals surface area contributed by atoms with Crippen LogP contribution in [-0.2, 0) is 22.9 Å². The number of aromatic nitrogens is 2. The van der Waals surface area contributed by atoms with E-state index in [4.69, 9.17) is 0 Å². The molecule has 0 aliphatic carbocycles. The van der Waals surface area contributed by atoms with E-state index in [1.165, 1.54) is 23.1 Å². The maximum Gasteiger partial charge on any atom is 0.416 e. The Bertz CT molecular complexity index is 1350. The number of thioether (sulfide) groups is 2. The largest absolute Gasteiger partial charge is 0.416 e. The second-order valence-electron chi connectivity index (χ2n) is 7.39. The maximum atomic E-state index is 13.0. The smallest absolute Gasteiger partial charge is 0.325 e. The number of carbonyl (C=O) groups is 1. The number of hydrogen-bond acceptors (Lipinski definition) is 6. The van der Waals surface area contributed by atoms with Gasteiger partial charge in [-0.3, -0.25) is 4.79 Å². The monoisotopic (exact) mass is 559 g/mol. The van der Waals surface area contributed by atoms with Gasteiger partial charge in [-0.1, -0.05) is 77.3 Å². The molecule has 1 aromatic heterocycles. The molecule has 0 unspecified atom stereocenters. The van der Waals surface area contributed by atoms with Gasteiger partial charge in [0.25, 0.3) is 0 Å². The fourth-order valence-electron chi connectivity index (χ4n) is 3.22. The van der Waals surface area contributed by atoms with E-state index in [2.05, 4.69) is 15.5 Å². The molecule has 0 aliphatic rings. The van der Waals surface area contributed by atoms with Crippen LogP contribution in [0, 0.1) is 0 Å². The first-order valence-corrected chi connectivity index (χ1v) is 12.9. The number of anilines is 1. The van der Waals surface area contributed by atoms with Crippen molar-refractivity contribution < 1.29 is 31.1 Å². The van der Waals surface area contributed by atoms with Gasteiger partial charge in [0.05, 0.1) is 16.9 Å². The third kappa shape index (κ3) is 6.71. The van der Waals surface area contributed by atoms with E-state index in [-0.39, 0.29) is 11.8 Å². The Balaban J connectivity index is 1.36. The fourth-order valence-corrected chi connectivity index (χ4v) is 6.05. The standard InChI is InChI=1S/C23H15F6N3OS3/c24-22(25,26)15-8-16(23(27,28)29)10-17(9-15)30-19(33)12-35-21-32-31-20(36-21)34-11-14-6-3-5-13-4-1-2-7-18(13)14/h1-10H,11-12H2,(H,30,33). The van der Waals surface area contributed by atoms with Crippen LogP contribution in [0.25, 0.3) is 10.8 Å². The molecule has 0 atom stereocenters. The number of benzene rings is 3. The number of amides is 1. The Morgan fingerprint density at radius 3 is 2.11 bits per heavy atom. The molecule has 188 valence electrons. The summed E-state index contributed by atoms with van der Waals surface area (Å²) in [6.45, 7) is 0. The number of hydrogen-bond donors (Lipinski definition) is 1. The molecule has 0 radical (unpaired) electrons. The molecule has 36 heavy (non-hydrogen) atoms. The highest BCUT2D eigenvalue weighted by molar-refractivity contribution is 8.03. The van der Waals surface area contributed by atoms with Gasteiger partial charge >= 0.3 is 12.4 Å². The molecule has 1 amide bonds. The SMILES string of the molecule is O=C(CSc1nnc(SCc2cccc3ccccc23)s1)Nc1cc(C(F)(F)F)cc(C(F)(F)F)c1. The molecule has 13 heteroatoms. The zero-order valence-electron chi connectivity index (χ0n) is 18.0. The van der Waals surface area contributed by atoms with Crippen LogP contribution >= 0.6 is 34.9 Å². The molecular formula is C23H15F6N3OS3. The lowest BCUT2D eigenvalue weighted by atomic mass is 10.1. The molecule has 0 fully saturated rings. The van der Waals surface area contributed by atoms with Crippen molar-refractivity contribution in [2.24, 2.45) is 0 Å². The summed E-state index contributed by atoms with van der Waals surface area (Å²) in [6.07, 6.45) is -10.00. The van der Waals surface area contributed by atoms with E-state index in [0.717, 1.165) is 28.1 Å². The number of halogens is 6. The lowest BCUT2D eigenvalue weighted by Crippen LogP contribution is -2.17. The molecule has 0 saturated carbocycles. The van der Waals surface area contributed by atoms with Gasteiger partial charge in [-0.15, -0.1) is 10.2 Å². The van der Waals surface area contributed by atoms with Crippen LogP contribution in [0.5, 0.6) is 0 Å². The van der Waals surface area contributed by atoms with Crippen LogP contribution < -0.4 is 5.32 Å². The molecule has 0 aliphatic heterocycles. The molecule has 0 spiro atoms. The van der Waals surface area contributed by atoms with Crippen molar-refractivity contribution in [1.82, 2.24) is 10.2 Å².